The number of halogens is 1. The Morgan fingerprint density at radius 1 is 0.304 bits per heavy atom. The van der Waals surface area contributed by atoms with Crippen LogP contribution in [0.2, 0.25) is 0 Å². The summed E-state index contributed by atoms with van der Waals surface area (Å²) in [5.41, 5.74) is 0. The lowest BCUT2D eigenvalue weighted by atomic mass is 10.3. The summed E-state index contributed by atoms with van der Waals surface area (Å²) >= 11 is 8.50. The first-order chi connectivity index (χ1) is 22.7. The predicted molar refractivity (Wildman–Crippen MR) is 208 cm³/mol. The summed E-state index contributed by atoms with van der Waals surface area (Å²) < 4.78 is 0. The number of hydrogen-bond acceptors (Lipinski definition) is 0. The molecular formula is C42H33ClP3+. The SMILES string of the molecule is Cl[P+](c1ccccc1)(c1ccccc1P(c1ccccc1)c1ccccc1)c1ccccc1P(c1ccccc1)c1ccccc1. The fraction of sp³-hybridized carbons (Fsp3) is 0. The molecule has 0 unspecified atom stereocenters. The molecule has 0 N–H and O–H groups in total. The molecule has 222 valence electrons. The van der Waals surface area contributed by atoms with Crippen LogP contribution in [0, 0.1) is 0 Å². The van der Waals surface area contributed by atoms with Crippen molar-refractivity contribution in [1.29, 1.82) is 0 Å². The normalized spacial score (nSPS) is 11.5. The average molecular weight is 666 g/mol. The number of hydrogen-bond donors (Lipinski definition) is 0. The lowest BCUT2D eigenvalue weighted by Crippen LogP contribution is -2.42. The van der Waals surface area contributed by atoms with Gasteiger partial charge in [0.2, 0.25) is 6.62 Å². The van der Waals surface area contributed by atoms with Gasteiger partial charge in [-0.1, -0.05) is 164 Å². The van der Waals surface area contributed by atoms with Gasteiger partial charge in [-0.15, -0.1) is 0 Å². The standard InChI is InChI=1S/C42H33ClP3/c43-46(38-28-14-5-15-29-38,41-32-18-16-30-39(41)44(34-20-6-1-7-21-34)35-22-8-2-9-23-35)42-33-19-17-31-40(42)45(36-24-10-3-11-25-36)37-26-12-4-13-27-37/h1-33H/q+1. The average Bonchev–Trinajstić information content (AvgIpc) is 3.14. The molecular weight excluding hydrogens is 633 g/mol. The van der Waals surface area contributed by atoms with Crippen molar-refractivity contribution >= 4 is 81.4 Å². The van der Waals surface area contributed by atoms with E-state index in [1.807, 2.05) is 0 Å². The smallest absolute Gasteiger partial charge is 0.0622 e. The summed E-state index contributed by atoms with van der Waals surface area (Å²) in [5, 5.41) is 11.5. The minimum Gasteiger partial charge on any atom is -0.0622 e. The van der Waals surface area contributed by atoms with Gasteiger partial charge >= 0.3 is 0 Å². The molecule has 0 aliphatic heterocycles. The van der Waals surface area contributed by atoms with E-state index in [4.69, 9.17) is 11.2 Å². The second-order valence-electron chi connectivity index (χ2n) is 10.9. The summed E-state index contributed by atoms with van der Waals surface area (Å²) in [4.78, 5) is 0. The Hall–Kier alpha value is -3.88. The summed E-state index contributed by atoms with van der Waals surface area (Å²) in [6.45, 7) is -2.69. The van der Waals surface area contributed by atoms with E-state index in [1.54, 1.807) is 0 Å². The van der Waals surface area contributed by atoms with Gasteiger partial charge < -0.3 is 0 Å². The van der Waals surface area contributed by atoms with Gasteiger partial charge in [-0.3, -0.25) is 0 Å². The highest BCUT2D eigenvalue weighted by Gasteiger charge is 2.49. The summed E-state index contributed by atoms with van der Waals surface area (Å²) in [6.07, 6.45) is 0. The van der Waals surface area contributed by atoms with Crippen LogP contribution in [-0.4, -0.2) is 0 Å². The van der Waals surface area contributed by atoms with Gasteiger partial charge in [-0.2, -0.15) is 0 Å². The predicted octanol–water partition coefficient (Wildman–Crippen LogP) is 7.65. The zero-order chi connectivity index (χ0) is 31.2. The van der Waals surface area contributed by atoms with Crippen LogP contribution in [0.3, 0.4) is 0 Å². The first-order valence-corrected chi connectivity index (χ1v) is 20.8. The summed E-state index contributed by atoms with van der Waals surface area (Å²) in [7, 11) is -1.75. The van der Waals surface area contributed by atoms with E-state index in [9.17, 15) is 0 Å². The minimum absolute atomic E-state index is 0.876. The van der Waals surface area contributed by atoms with Crippen molar-refractivity contribution in [3.63, 3.8) is 0 Å². The molecule has 4 heteroatoms. The van der Waals surface area contributed by atoms with E-state index >= 15 is 0 Å². The lowest BCUT2D eigenvalue weighted by molar-refractivity contribution is 1.74. The quantitative estimate of drug-likeness (QED) is 0.139. The molecule has 7 aromatic carbocycles. The number of benzene rings is 7. The first-order valence-electron chi connectivity index (χ1n) is 15.4. The van der Waals surface area contributed by atoms with Gasteiger partial charge in [0.15, 0.2) is 0 Å². The molecule has 7 rings (SSSR count). The first kappa shape index (κ1) is 30.8. The molecule has 0 saturated heterocycles. The van der Waals surface area contributed by atoms with Crippen LogP contribution >= 0.6 is 33.7 Å². The van der Waals surface area contributed by atoms with E-state index in [2.05, 4.69) is 200 Å². The molecule has 0 spiro atoms. The maximum absolute atomic E-state index is 8.50. The van der Waals surface area contributed by atoms with Crippen LogP contribution in [-0.2, 0) is 0 Å². The van der Waals surface area contributed by atoms with Crippen LogP contribution in [0.5, 0.6) is 0 Å². The Kier molecular flexibility index (Phi) is 9.54. The van der Waals surface area contributed by atoms with Crippen LogP contribution < -0.4 is 47.7 Å². The Bertz CT molecular complexity index is 1800. The van der Waals surface area contributed by atoms with Crippen molar-refractivity contribution in [3.8, 4) is 0 Å². The maximum Gasteiger partial charge on any atom is 0.211 e. The molecule has 0 fully saturated rings. The van der Waals surface area contributed by atoms with Crippen molar-refractivity contribution in [1.82, 2.24) is 0 Å². The molecule has 0 nitrogen and oxygen atoms in total. The third-order valence-electron chi connectivity index (χ3n) is 8.08. The number of rotatable bonds is 9. The Balaban J connectivity index is 1.53. The van der Waals surface area contributed by atoms with Gasteiger partial charge in [0.05, 0.1) is 0 Å². The Morgan fingerprint density at radius 2 is 0.565 bits per heavy atom. The molecule has 0 heterocycles. The molecule has 0 aliphatic rings. The molecule has 0 radical (unpaired) electrons. The second-order valence-corrected chi connectivity index (χ2v) is 19.5. The van der Waals surface area contributed by atoms with E-state index in [1.165, 1.54) is 47.7 Å². The van der Waals surface area contributed by atoms with Crippen molar-refractivity contribution in [2.45, 2.75) is 0 Å². The van der Waals surface area contributed by atoms with Gasteiger partial charge in [0.25, 0.3) is 0 Å². The Morgan fingerprint density at radius 3 is 0.891 bits per heavy atom. The highest BCUT2D eigenvalue weighted by atomic mass is 35.7. The fourth-order valence-electron chi connectivity index (χ4n) is 6.03. The van der Waals surface area contributed by atoms with Gasteiger partial charge in [-0.25, -0.2) is 0 Å². The van der Waals surface area contributed by atoms with Crippen molar-refractivity contribution in [3.05, 3.63) is 200 Å². The third kappa shape index (κ3) is 6.13. The highest BCUT2D eigenvalue weighted by molar-refractivity contribution is 8.16. The van der Waals surface area contributed by atoms with E-state index in [0.29, 0.717) is 0 Å². The molecule has 7 aromatic rings. The van der Waals surface area contributed by atoms with Crippen molar-refractivity contribution in [2.24, 2.45) is 0 Å². The molecule has 0 aliphatic carbocycles. The monoisotopic (exact) mass is 665 g/mol. The molecule has 0 atom stereocenters. The molecule has 0 aromatic heterocycles. The molecule has 0 saturated carbocycles. The zero-order valence-corrected chi connectivity index (χ0v) is 28.7. The van der Waals surface area contributed by atoms with E-state index < -0.39 is 22.5 Å². The van der Waals surface area contributed by atoms with E-state index in [-0.39, 0.29) is 0 Å². The summed E-state index contributed by atoms with van der Waals surface area (Å²) in [6, 6.07) is 72.5. The zero-order valence-electron chi connectivity index (χ0n) is 25.3. The molecule has 46 heavy (non-hydrogen) atoms. The lowest BCUT2D eigenvalue weighted by Gasteiger charge is -2.29. The topological polar surface area (TPSA) is 0 Å². The maximum atomic E-state index is 8.50. The second kappa shape index (κ2) is 14.3. The van der Waals surface area contributed by atoms with Gasteiger partial charge in [-0.05, 0) is 73.5 Å². The van der Waals surface area contributed by atoms with Crippen LogP contribution in [0.15, 0.2) is 200 Å². The van der Waals surface area contributed by atoms with Gasteiger partial charge in [0, 0.05) is 10.6 Å². The Labute approximate surface area is 280 Å². The third-order valence-corrected chi connectivity index (χ3v) is 18.2. The largest absolute Gasteiger partial charge is 0.211 e. The van der Waals surface area contributed by atoms with Crippen LogP contribution in [0.4, 0.5) is 0 Å². The fourth-order valence-corrected chi connectivity index (χ4v) is 16.5. The van der Waals surface area contributed by atoms with Crippen molar-refractivity contribution in [2.75, 3.05) is 0 Å². The van der Waals surface area contributed by atoms with Crippen LogP contribution in [0.1, 0.15) is 0 Å². The minimum atomic E-state index is -2.69. The summed E-state index contributed by atoms with van der Waals surface area (Å²) in [5.74, 6) is 0. The van der Waals surface area contributed by atoms with Gasteiger partial charge in [0.1, 0.15) is 27.2 Å². The van der Waals surface area contributed by atoms with Crippen LogP contribution in [0.25, 0.3) is 0 Å². The molecule has 0 amide bonds. The van der Waals surface area contributed by atoms with E-state index in [0.717, 1.165) is 0 Å². The molecule has 0 bridgehead atoms. The highest BCUT2D eigenvalue weighted by Crippen LogP contribution is 2.61. The van der Waals surface area contributed by atoms with Crippen molar-refractivity contribution < 1.29 is 0 Å².